The summed E-state index contributed by atoms with van der Waals surface area (Å²) in [7, 11) is 4.69. The third-order valence-corrected chi connectivity index (χ3v) is 4.95. The van der Waals surface area contributed by atoms with Crippen LogP contribution in [0.15, 0.2) is 6.07 Å². The topological polar surface area (TPSA) is 110 Å². The minimum Gasteiger partial charge on any atom is -0.493 e. The lowest BCUT2D eigenvalue weighted by molar-refractivity contribution is 0.322. The number of fused-ring (bicyclic) bond motifs is 1. The van der Waals surface area contributed by atoms with Crippen LogP contribution in [0.2, 0.25) is 5.15 Å². The van der Waals surface area contributed by atoms with Crippen molar-refractivity contribution in [1.29, 1.82) is 0 Å². The average molecular weight is 477 g/mol. The summed E-state index contributed by atoms with van der Waals surface area (Å²) in [5, 5.41) is 8.27. The number of methoxy groups -OCH3 is 3. The second-order valence-corrected chi connectivity index (χ2v) is 6.35. The molecule has 3 rings (SSSR count). The maximum absolute atomic E-state index is 6.04. The largest absolute Gasteiger partial charge is 0.493 e. The van der Waals surface area contributed by atoms with Gasteiger partial charge < -0.3 is 19.9 Å². The summed E-state index contributed by atoms with van der Waals surface area (Å²) in [4.78, 5) is 8.05. The van der Waals surface area contributed by atoms with Crippen molar-refractivity contribution in [3.63, 3.8) is 0 Å². The van der Waals surface area contributed by atoms with Gasteiger partial charge >= 0.3 is 0 Å². The molecule has 0 aliphatic rings. The molecule has 0 atom stereocenters. The summed E-state index contributed by atoms with van der Waals surface area (Å²) in [6, 6.07) is 1.85. The molecule has 0 aliphatic carbocycles. The fourth-order valence-electron chi connectivity index (χ4n) is 2.39. The molecule has 132 valence electrons. The molecule has 0 aliphatic heterocycles. The second kappa shape index (κ2) is 7.04. The van der Waals surface area contributed by atoms with E-state index in [1.165, 1.54) is 0 Å². The summed E-state index contributed by atoms with van der Waals surface area (Å²) in [5.41, 5.74) is 7.39. The molecule has 2 N–H and O–H groups in total. The zero-order chi connectivity index (χ0) is 18.1. The number of nitrogen functional groups attached to an aromatic ring is 1. The number of nitrogens with two attached hydrogens (primary N) is 1. The summed E-state index contributed by atoms with van der Waals surface area (Å²) < 4.78 is 18.7. The lowest BCUT2D eigenvalue weighted by Crippen LogP contribution is -2.08. The van der Waals surface area contributed by atoms with Crippen molar-refractivity contribution in [3.05, 3.63) is 20.4 Å². The van der Waals surface area contributed by atoms with E-state index in [9.17, 15) is 0 Å². The SMILES string of the molecule is COc1cc(Cn2nnc3c(Cl)nc(N)nc32)c(I)c(OC)c1OC. The molecule has 11 heteroatoms. The zero-order valence-electron chi connectivity index (χ0n) is 13.6. The Balaban J connectivity index is 2.12. The van der Waals surface area contributed by atoms with Crippen LogP contribution in [0.25, 0.3) is 11.2 Å². The van der Waals surface area contributed by atoms with E-state index in [0.29, 0.717) is 35.0 Å². The van der Waals surface area contributed by atoms with Crippen molar-refractivity contribution in [2.24, 2.45) is 0 Å². The van der Waals surface area contributed by atoms with Crippen molar-refractivity contribution in [2.45, 2.75) is 6.54 Å². The Morgan fingerprint density at radius 3 is 2.52 bits per heavy atom. The smallest absolute Gasteiger partial charge is 0.223 e. The van der Waals surface area contributed by atoms with Crippen molar-refractivity contribution in [3.8, 4) is 17.2 Å². The Kier molecular flexibility index (Phi) is 4.99. The maximum Gasteiger partial charge on any atom is 0.223 e. The average Bonchev–Trinajstić information content (AvgIpc) is 2.99. The van der Waals surface area contributed by atoms with Gasteiger partial charge in [-0.1, -0.05) is 16.8 Å². The van der Waals surface area contributed by atoms with Crippen molar-refractivity contribution in [2.75, 3.05) is 27.1 Å². The molecular weight excluding hydrogens is 463 g/mol. The van der Waals surface area contributed by atoms with Gasteiger partial charge in [-0.25, -0.2) is 4.68 Å². The molecule has 9 nitrogen and oxygen atoms in total. The summed E-state index contributed by atoms with van der Waals surface area (Å²) in [6.45, 7) is 0.359. The van der Waals surface area contributed by atoms with Crippen LogP contribution in [0, 0.1) is 3.57 Å². The standard InChI is InChI=1S/C14H14ClIN6O3/c1-23-7-4-6(8(16)11(25-3)10(7)24-2)5-22-13-9(20-21-22)12(15)18-14(17)19-13/h4H,5H2,1-3H3,(H2,17,18,19). The zero-order valence-corrected chi connectivity index (χ0v) is 16.5. The van der Waals surface area contributed by atoms with Gasteiger partial charge in [0.25, 0.3) is 0 Å². The number of hydrogen-bond acceptors (Lipinski definition) is 8. The summed E-state index contributed by atoms with van der Waals surface area (Å²) >= 11 is 8.22. The van der Waals surface area contributed by atoms with E-state index in [0.717, 1.165) is 9.13 Å². The number of rotatable bonds is 5. The van der Waals surface area contributed by atoms with Gasteiger partial charge in [-0.2, -0.15) is 9.97 Å². The molecule has 0 saturated heterocycles. The highest BCUT2D eigenvalue weighted by molar-refractivity contribution is 14.1. The fourth-order valence-corrected chi connectivity index (χ4v) is 3.39. The van der Waals surface area contributed by atoms with E-state index in [-0.39, 0.29) is 11.1 Å². The van der Waals surface area contributed by atoms with Crippen molar-refractivity contribution >= 4 is 51.3 Å². The van der Waals surface area contributed by atoms with Crippen LogP contribution in [0.4, 0.5) is 5.95 Å². The first-order chi connectivity index (χ1) is 12.0. The van der Waals surface area contributed by atoms with Gasteiger partial charge in [-0.3, -0.25) is 0 Å². The molecular formula is C14H14ClIN6O3. The molecule has 3 aromatic rings. The molecule has 2 aromatic heterocycles. The first-order valence-corrected chi connectivity index (χ1v) is 8.45. The van der Waals surface area contributed by atoms with Crippen LogP contribution in [-0.4, -0.2) is 46.3 Å². The normalized spacial score (nSPS) is 10.9. The summed E-state index contributed by atoms with van der Waals surface area (Å²) in [5.74, 6) is 1.71. The van der Waals surface area contributed by atoms with Crippen LogP contribution >= 0.6 is 34.2 Å². The lowest BCUT2D eigenvalue weighted by Gasteiger charge is -2.16. The van der Waals surface area contributed by atoms with Crippen LogP contribution in [0.1, 0.15) is 5.56 Å². The third kappa shape index (κ3) is 3.11. The Bertz CT molecular complexity index is 948. The number of benzene rings is 1. The molecule has 25 heavy (non-hydrogen) atoms. The van der Waals surface area contributed by atoms with E-state index in [1.807, 2.05) is 6.07 Å². The third-order valence-electron chi connectivity index (χ3n) is 3.50. The highest BCUT2D eigenvalue weighted by atomic mass is 127. The molecule has 0 fully saturated rings. The van der Waals surface area contributed by atoms with E-state index < -0.39 is 0 Å². The lowest BCUT2D eigenvalue weighted by atomic mass is 10.1. The van der Waals surface area contributed by atoms with Gasteiger partial charge in [-0.05, 0) is 34.2 Å². The molecule has 0 radical (unpaired) electrons. The molecule has 0 bridgehead atoms. The summed E-state index contributed by atoms with van der Waals surface area (Å²) in [6.07, 6.45) is 0. The first kappa shape index (κ1) is 17.7. The minimum atomic E-state index is 0.0561. The number of ether oxygens (including phenoxy) is 3. The van der Waals surface area contributed by atoms with E-state index in [4.69, 9.17) is 31.5 Å². The molecule has 1 aromatic carbocycles. The highest BCUT2D eigenvalue weighted by Gasteiger charge is 2.21. The van der Waals surface area contributed by atoms with Gasteiger partial charge in [0.05, 0.1) is 31.4 Å². The van der Waals surface area contributed by atoms with Gasteiger partial charge in [0, 0.05) is 0 Å². The van der Waals surface area contributed by atoms with E-state index in [2.05, 4.69) is 42.9 Å². The number of nitrogens with zero attached hydrogens (tertiary/aromatic N) is 5. The van der Waals surface area contributed by atoms with Gasteiger partial charge in [0.1, 0.15) is 0 Å². The molecule has 0 spiro atoms. The molecule has 0 unspecified atom stereocenters. The predicted molar refractivity (Wildman–Crippen MR) is 100 cm³/mol. The Hall–Kier alpha value is -2.08. The van der Waals surface area contributed by atoms with Crippen LogP contribution in [0.5, 0.6) is 17.2 Å². The molecule has 0 amide bonds. The fraction of sp³-hybridized carbons (Fsp3) is 0.286. The van der Waals surface area contributed by atoms with Gasteiger partial charge in [0.2, 0.25) is 11.7 Å². The number of anilines is 1. The Labute approximate surface area is 161 Å². The first-order valence-electron chi connectivity index (χ1n) is 6.99. The Morgan fingerprint density at radius 1 is 1.16 bits per heavy atom. The van der Waals surface area contributed by atoms with Crippen molar-refractivity contribution in [1.82, 2.24) is 25.0 Å². The van der Waals surface area contributed by atoms with Gasteiger partial charge in [-0.15, -0.1) is 5.10 Å². The van der Waals surface area contributed by atoms with Crippen LogP contribution < -0.4 is 19.9 Å². The van der Waals surface area contributed by atoms with Crippen LogP contribution in [-0.2, 0) is 6.54 Å². The second-order valence-electron chi connectivity index (χ2n) is 4.91. The monoisotopic (exact) mass is 476 g/mol. The molecule has 2 heterocycles. The van der Waals surface area contributed by atoms with E-state index >= 15 is 0 Å². The van der Waals surface area contributed by atoms with E-state index in [1.54, 1.807) is 26.0 Å². The van der Waals surface area contributed by atoms with Gasteiger partial charge in [0.15, 0.2) is 27.8 Å². The molecule has 0 saturated carbocycles. The Morgan fingerprint density at radius 2 is 1.88 bits per heavy atom. The minimum absolute atomic E-state index is 0.0561. The highest BCUT2D eigenvalue weighted by Crippen LogP contribution is 2.42. The van der Waals surface area contributed by atoms with Crippen molar-refractivity contribution < 1.29 is 14.2 Å². The number of aromatic nitrogens is 5. The maximum atomic E-state index is 6.04. The number of halogens is 2. The predicted octanol–water partition coefficient (Wildman–Crippen LogP) is 2.14. The quantitative estimate of drug-likeness (QED) is 0.440. The number of hydrogen-bond donors (Lipinski definition) is 1. The van der Waals surface area contributed by atoms with Crippen LogP contribution in [0.3, 0.4) is 0 Å².